The Labute approximate surface area is 118 Å². The molecule has 1 aromatic heterocycles. The van der Waals surface area contributed by atoms with E-state index in [1.54, 1.807) is 0 Å². The molecule has 0 aliphatic heterocycles. The lowest BCUT2D eigenvalue weighted by Gasteiger charge is -2.12. The molecule has 0 unspecified atom stereocenters. The second kappa shape index (κ2) is 6.01. The summed E-state index contributed by atoms with van der Waals surface area (Å²) in [6, 6.07) is 12.7. The lowest BCUT2D eigenvalue weighted by Crippen LogP contribution is -2.31. The molecule has 0 aliphatic carbocycles. The van der Waals surface area contributed by atoms with Crippen molar-refractivity contribution in [1.29, 1.82) is 0 Å². The summed E-state index contributed by atoms with van der Waals surface area (Å²) in [4.78, 5) is 0. The van der Waals surface area contributed by atoms with Crippen LogP contribution in [0.5, 0.6) is 0 Å². The van der Waals surface area contributed by atoms with E-state index in [1.165, 1.54) is 16.8 Å². The van der Waals surface area contributed by atoms with Crippen LogP contribution in [0.4, 0.5) is 0 Å². The van der Waals surface area contributed by atoms with Gasteiger partial charge in [-0.25, -0.2) is 4.57 Å². The largest absolute Gasteiger partial charge is 0.212 e. The smallest absolute Gasteiger partial charge is 0.201 e. The molecule has 1 heterocycles. The van der Waals surface area contributed by atoms with Crippen LogP contribution in [0.2, 0.25) is 0 Å². The zero-order valence-corrected chi connectivity index (χ0v) is 12.4. The van der Waals surface area contributed by atoms with Crippen molar-refractivity contribution in [3.05, 3.63) is 53.7 Å². The molecular formula is C18H24N+. The maximum atomic E-state index is 8.56. The van der Waals surface area contributed by atoms with Crippen LogP contribution in [0, 0.1) is 6.92 Å². The summed E-state index contributed by atoms with van der Waals surface area (Å²) in [5.74, 6) is -0.470. The highest BCUT2D eigenvalue weighted by atomic mass is 14.9. The minimum atomic E-state index is -0.470. The van der Waals surface area contributed by atoms with E-state index in [4.69, 9.17) is 1.37 Å². The molecule has 0 atom stereocenters. The number of aryl methyl sites for hydroxylation is 2. The highest BCUT2D eigenvalue weighted by Gasteiger charge is 2.15. The number of hydrogen-bond acceptors (Lipinski definition) is 0. The van der Waals surface area contributed by atoms with Crippen molar-refractivity contribution < 1.29 is 5.94 Å². The summed E-state index contributed by atoms with van der Waals surface area (Å²) in [5, 5.41) is 0. The molecule has 1 aromatic carbocycles. The van der Waals surface area contributed by atoms with Crippen LogP contribution in [0.3, 0.4) is 0 Å². The lowest BCUT2D eigenvalue weighted by atomic mass is 9.94. The molecule has 100 valence electrons. The van der Waals surface area contributed by atoms with Gasteiger partial charge in [0.15, 0.2) is 6.20 Å². The van der Waals surface area contributed by atoms with Gasteiger partial charge in [0.25, 0.3) is 0 Å². The van der Waals surface area contributed by atoms with Crippen LogP contribution >= 0.6 is 0 Å². The van der Waals surface area contributed by atoms with Gasteiger partial charge in [0.2, 0.25) is 5.69 Å². The summed E-state index contributed by atoms with van der Waals surface area (Å²) in [6.45, 7) is 6.31. The molecule has 2 rings (SSSR count). The zero-order valence-electron chi connectivity index (χ0n) is 13.4. The fourth-order valence-corrected chi connectivity index (χ4v) is 2.61. The monoisotopic (exact) mass is 255 g/mol. The predicted octanol–water partition coefficient (Wildman–Crippen LogP) is 4.39. The zero-order chi connectivity index (χ0) is 14.8. The normalized spacial score (nSPS) is 12.3. The van der Waals surface area contributed by atoms with Gasteiger partial charge in [-0.1, -0.05) is 32.0 Å². The van der Waals surface area contributed by atoms with Crippen LogP contribution in [-0.4, -0.2) is 0 Å². The third kappa shape index (κ3) is 2.86. The number of rotatable bonds is 4. The Hall–Kier alpha value is -1.63. The third-order valence-electron chi connectivity index (χ3n) is 3.82. The summed E-state index contributed by atoms with van der Waals surface area (Å²) in [5.41, 5.74) is 4.83. The molecule has 0 bridgehead atoms. The highest BCUT2D eigenvalue weighted by molar-refractivity contribution is 5.60. The van der Waals surface area contributed by atoms with E-state index in [-0.39, 0.29) is 0 Å². The molecular weight excluding hydrogens is 230 g/mol. The van der Waals surface area contributed by atoms with E-state index in [0.717, 1.165) is 18.4 Å². The molecule has 0 saturated heterocycles. The average molecular weight is 255 g/mol. The van der Waals surface area contributed by atoms with Crippen molar-refractivity contribution in [2.24, 2.45) is 7.05 Å². The topological polar surface area (TPSA) is 3.88 Å². The summed E-state index contributed by atoms with van der Waals surface area (Å²) in [7, 11) is 2.07. The highest BCUT2D eigenvalue weighted by Crippen LogP contribution is 2.24. The van der Waals surface area contributed by atoms with E-state index >= 15 is 0 Å². The summed E-state index contributed by atoms with van der Waals surface area (Å²) in [6.07, 6.45) is 3.79. The van der Waals surface area contributed by atoms with Crippen molar-refractivity contribution >= 4 is 0 Å². The van der Waals surface area contributed by atoms with Crippen molar-refractivity contribution in [1.82, 2.24) is 0 Å². The quantitative estimate of drug-likeness (QED) is 0.713. The second-order valence-electron chi connectivity index (χ2n) is 5.04. The Kier molecular flexibility index (Phi) is 3.92. The fraction of sp³-hybridized carbons (Fsp3) is 0.389. The van der Waals surface area contributed by atoms with Crippen LogP contribution in [0.15, 0.2) is 42.6 Å². The molecule has 0 amide bonds. The predicted molar refractivity (Wildman–Crippen MR) is 81.1 cm³/mol. The molecule has 0 radical (unpaired) electrons. The van der Waals surface area contributed by atoms with Gasteiger partial charge in [-0.05, 0) is 43.4 Å². The Bertz CT molecular complexity index is 600. The van der Waals surface area contributed by atoms with Gasteiger partial charge >= 0.3 is 0 Å². The first kappa shape index (κ1) is 12.4. The first-order chi connectivity index (χ1) is 9.51. The molecule has 0 N–H and O–H groups in total. The van der Waals surface area contributed by atoms with Crippen molar-refractivity contribution in [2.45, 2.75) is 39.5 Å². The number of benzene rings is 1. The van der Waals surface area contributed by atoms with Crippen molar-refractivity contribution in [2.75, 3.05) is 0 Å². The second-order valence-corrected chi connectivity index (χ2v) is 5.04. The van der Waals surface area contributed by atoms with E-state index in [1.807, 2.05) is 0 Å². The van der Waals surface area contributed by atoms with Crippen LogP contribution in [0.1, 0.15) is 45.1 Å². The third-order valence-corrected chi connectivity index (χ3v) is 3.82. The van der Waals surface area contributed by atoms with Crippen molar-refractivity contribution in [3.63, 3.8) is 0 Å². The van der Waals surface area contributed by atoms with E-state index in [9.17, 15) is 0 Å². The summed E-state index contributed by atoms with van der Waals surface area (Å²) >= 11 is 0. The first-order valence-corrected chi connectivity index (χ1v) is 7.08. The summed E-state index contributed by atoms with van der Waals surface area (Å²) < 4.78 is 10.7. The molecule has 2 aromatic rings. The van der Waals surface area contributed by atoms with Gasteiger partial charge in [0.1, 0.15) is 7.05 Å². The molecule has 0 saturated carbocycles. The fourth-order valence-electron chi connectivity index (χ4n) is 2.61. The van der Waals surface area contributed by atoms with E-state index < -0.39 is 5.89 Å². The first-order valence-electron chi connectivity index (χ1n) is 7.58. The minimum absolute atomic E-state index is 0.470. The Balaban J connectivity index is 2.49. The molecule has 0 fully saturated rings. The minimum Gasteiger partial charge on any atom is -0.201 e. The molecule has 0 aliphatic rings. The molecule has 1 heteroatoms. The number of nitrogens with zero attached hydrogens (tertiary/aromatic N) is 1. The number of aromatic nitrogens is 1. The van der Waals surface area contributed by atoms with Crippen molar-refractivity contribution in [3.8, 4) is 11.3 Å². The van der Waals surface area contributed by atoms with Gasteiger partial charge < -0.3 is 0 Å². The number of pyridine rings is 1. The van der Waals surface area contributed by atoms with E-state index in [2.05, 4.69) is 75.0 Å². The Morgan fingerprint density at radius 3 is 2.37 bits per heavy atom. The van der Waals surface area contributed by atoms with Gasteiger partial charge in [0.05, 0.1) is 0 Å². The van der Waals surface area contributed by atoms with E-state index in [0.29, 0.717) is 0 Å². The Morgan fingerprint density at radius 1 is 1.11 bits per heavy atom. The maximum absolute atomic E-state index is 8.56. The van der Waals surface area contributed by atoms with Crippen LogP contribution in [0.25, 0.3) is 11.3 Å². The standard InChI is InChI=1S/C18H24N/c1-5-15(6-2)16-11-12-18(19(4)13-16)17-10-8-7-9-14(17)3/h7-13,15H,5-6H2,1-4H3/q+1/i15D. The molecule has 19 heavy (non-hydrogen) atoms. The van der Waals surface area contributed by atoms with Gasteiger partial charge in [-0.15, -0.1) is 0 Å². The maximum Gasteiger partial charge on any atom is 0.212 e. The molecule has 1 nitrogen and oxygen atoms in total. The lowest BCUT2D eigenvalue weighted by molar-refractivity contribution is -0.660. The van der Waals surface area contributed by atoms with Gasteiger partial charge in [-0.2, -0.15) is 0 Å². The van der Waals surface area contributed by atoms with Crippen LogP contribution < -0.4 is 4.57 Å². The van der Waals surface area contributed by atoms with Gasteiger partial charge in [0, 0.05) is 18.6 Å². The molecule has 0 spiro atoms. The van der Waals surface area contributed by atoms with Crippen LogP contribution in [-0.2, 0) is 7.05 Å². The Morgan fingerprint density at radius 2 is 1.79 bits per heavy atom. The average Bonchev–Trinajstić information content (AvgIpc) is 2.47. The number of hydrogen-bond donors (Lipinski definition) is 0. The SMILES string of the molecule is [2H]C(CC)(CC)c1ccc(-c2ccccc2C)[n+](C)c1. The van der Waals surface area contributed by atoms with Gasteiger partial charge in [-0.3, -0.25) is 0 Å².